The monoisotopic (exact) mass is 260 g/mol. The minimum Gasteiger partial charge on any atom is -0.327 e. The van der Waals surface area contributed by atoms with Crippen LogP contribution in [-0.2, 0) is 9.84 Å². The number of hydrogen-bond acceptors (Lipinski definition) is 4. The van der Waals surface area contributed by atoms with Crippen LogP contribution in [0.1, 0.15) is 32.6 Å². The van der Waals surface area contributed by atoms with E-state index in [1.54, 1.807) is 0 Å². The molecule has 0 amide bonds. The summed E-state index contributed by atoms with van der Waals surface area (Å²) in [6.45, 7) is 4.07. The second kappa shape index (κ2) is 4.86. The van der Waals surface area contributed by atoms with E-state index in [1.807, 2.05) is 0 Å². The van der Waals surface area contributed by atoms with Gasteiger partial charge in [0, 0.05) is 31.4 Å². The first kappa shape index (κ1) is 13.3. The number of nitrogens with zero attached hydrogens (tertiary/aromatic N) is 1. The molecule has 2 aliphatic rings. The van der Waals surface area contributed by atoms with Crippen LogP contribution in [0.2, 0.25) is 0 Å². The first-order chi connectivity index (χ1) is 7.88. The molecule has 5 heteroatoms. The Bertz CT molecular complexity index is 359. The lowest BCUT2D eigenvalue weighted by atomic mass is 9.95. The van der Waals surface area contributed by atoms with Crippen molar-refractivity contribution in [3.63, 3.8) is 0 Å². The molecule has 2 fully saturated rings. The number of hydrogen-bond donors (Lipinski definition) is 1. The molecule has 1 aliphatic carbocycles. The summed E-state index contributed by atoms with van der Waals surface area (Å²) in [7, 11) is -2.92. The highest BCUT2D eigenvalue weighted by atomic mass is 32.2. The average Bonchev–Trinajstić information content (AvgIpc) is 2.63. The summed E-state index contributed by atoms with van der Waals surface area (Å²) in [6, 6.07) is 0.415. The summed E-state index contributed by atoms with van der Waals surface area (Å²) in [5.41, 5.74) is 6.05. The Morgan fingerprint density at radius 2 is 1.94 bits per heavy atom. The first-order valence-electron chi connectivity index (χ1n) is 6.56. The molecule has 0 radical (unpaired) electrons. The van der Waals surface area contributed by atoms with Gasteiger partial charge in [-0.1, -0.05) is 13.3 Å². The molecule has 0 aromatic carbocycles. The zero-order chi connectivity index (χ0) is 12.6. The van der Waals surface area contributed by atoms with Gasteiger partial charge in [0.2, 0.25) is 0 Å². The predicted molar refractivity (Wildman–Crippen MR) is 69.6 cm³/mol. The van der Waals surface area contributed by atoms with Gasteiger partial charge in [-0.05, 0) is 25.2 Å². The molecule has 0 aromatic heterocycles. The molecule has 4 unspecified atom stereocenters. The molecule has 100 valence electrons. The predicted octanol–water partition coefficient (Wildman–Crippen LogP) is 0.621. The molecule has 0 spiro atoms. The van der Waals surface area contributed by atoms with E-state index in [2.05, 4.69) is 11.8 Å². The summed E-state index contributed by atoms with van der Waals surface area (Å²) in [4.78, 5) is 2.33. The molecule has 0 bridgehead atoms. The zero-order valence-corrected chi connectivity index (χ0v) is 11.6. The van der Waals surface area contributed by atoms with Crippen molar-refractivity contribution in [2.24, 2.45) is 11.7 Å². The normalized spacial score (nSPS) is 40.6. The summed E-state index contributed by atoms with van der Waals surface area (Å²) in [6.07, 6.45) is 5.30. The molecule has 2 N–H and O–H groups in total. The summed E-state index contributed by atoms with van der Waals surface area (Å²) >= 11 is 0. The van der Waals surface area contributed by atoms with Crippen LogP contribution in [0.3, 0.4) is 0 Å². The van der Waals surface area contributed by atoms with Crippen LogP contribution < -0.4 is 5.73 Å². The third kappa shape index (κ3) is 3.01. The Hall–Kier alpha value is -0.130. The van der Waals surface area contributed by atoms with Crippen LogP contribution in [0.5, 0.6) is 0 Å². The van der Waals surface area contributed by atoms with Gasteiger partial charge in [-0.3, -0.25) is 4.90 Å². The molecule has 1 heterocycles. The molecule has 2 rings (SSSR count). The fraction of sp³-hybridized carbons (Fsp3) is 1.00. The number of sulfone groups is 1. The second-order valence-corrected chi connectivity index (χ2v) is 8.19. The summed E-state index contributed by atoms with van der Waals surface area (Å²) in [5.74, 6) is 0.583. The number of likely N-dealkylation sites (tertiary alicyclic amines) is 1. The SMILES string of the molecule is CC1CC(N)CN(C2CCCC2S(C)(=O)=O)C1. The van der Waals surface area contributed by atoms with E-state index in [0.29, 0.717) is 5.92 Å². The molecular formula is C12H24N2O2S. The molecule has 0 aromatic rings. The Labute approximate surface area is 104 Å². The third-order valence-corrected chi connectivity index (χ3v) is 5.81. The minimum atomic E-state index is -2.92. The number of rotatable bonds is 2. The van der Waals surface area contributed by atoms with Gasteiger partial charge in [0.25, 0.3) is 0 Å². The first-order valence-corrected chi connectivity index (χ1v) is 8.52. The van der Waals surface area contributed by atoms with Gasteiger partial charge in [0.1, 0.15) is 0 Å². The van der Waals surface area contributed by atoms with Crippen molar-refractivity contribution in [1.29, 1.82) is 0 Å². The minimum absolute atomic E-state index is 0.167. The van der Waals surface area contributed by atoms with E-state index in [9.17, 15) is 8.42 Å². The van der Waals surface area contributed by atoms with Gasteiger partial charge in [-0.25, -0.2) is 8.42 Å². The van der Waals surface area contributed by atoms with Gasteiger partial charge >= 0.3 is 0 Å². The molecule has 1 saturated carbocycles. The van der Waals surface area contributed by atoms with Crippen molar-refractivity contribution in [1.82, 2.24) is 4.90 Å². The highest BCUT2D eigenvalue weighted by Crippen LogP contribution is 2.31. The van der Waals surface area contributed by atoms with Gasteiger partial charge in [-0.2, -0.15) is 0 Å². The molecular weight excluding hydrogens is 236 g/mol. The van der Waals surface area contributed by atoms with Crippen LogP contribution in [0.4, 0.5) is 0 Å². The van der Waals surface area contributed by atoms with E-state index in [4.69, 9.17) is 5.73 Å². The maximum Gasteiger partial charge on any atom is 0.151 e. The van der Waals surface area contributed by atoms with E-state index >= 15 is 0 Å². The topological polar surface area (TPSA) is 63.4 Å². The molecule has 1 saturated heterocycles. The van der Waals surface area contributed by atoms with Gasteiger partial charge in [-0.15, -0.1) is 0 Å². The van der Waals surface area contributed by atoms with Crippen molar-refractivity contribution in [2.75, 3.05) is 19.3 Å². The van der Waals surface area contributed by atoms with Crippen molar-refractivity contribution < 1.29 is 8.42 Å². The van der Waals surface area contributed by atoms with E-state index in [0.717, 1.165) is 38.8 Å². The third-order valence-electron chi connectivity index (χ3n) is 4.16. The van der Waals surface area contributed by atoms with Crippen LogP contribution in [-0.4, -0.2) is 50.0 Å². The van der Waals surface area contributed by atoms with E-state index in [1.165, 1.54) is 6.26 Å². The summed E-state index contributed by atoms with van der Waals surface area (Å²) in [5, 5.41) is -0.167. The summed E-state index contributed by atoms with van der Waals surface area (Å²) < 4.78 is 23.6. The fourth-order valence-electron chi connectivity index (χ4n) is 3.54. The fourth-order valence-corrected chi connectivity index (χ4v) is 5.01. The van der Waals surface area contributed by atoms with Crippen molar-refractivity contribution in [2.45, 2.75) is 49.9 Å². The number of nitrogens with two attached hydrogens (primary N) is 1. The van der Waals surface area contributed by atoms with Crippen LogP contribution in [0.25, 0.3) is 0 Å². The van der Waals surface area contributed by atoms with Gasteiger partial charge in [0.15, 0.2) is 9.84 Å². The smallest absolute Gasteiger partial charge is 0.151 e. The van der Waals surface area contributed by atoms with E-state index < -0.39 is 9.84 Å². The molecule has 17 heavy (non-hydrogen) atoms. The Kier molecular flexibility index (Phi) is 3.80. The van der Waals surface area contributed by atoms with E-state index in [-0.39, 0.29) is 17.3 Å². The quantitative estimate of drug-likeness (QED) is 0.790. The van der Waals surface area contributed by atoms with Crippen molar-refractivity contribution >= 4 is 9.84 Å². The maximum atomic E-state index is 11.8. The molecule has 1 aliphatic heterocycles. The van der Waals surface area contributed by atoms with Crippen LogP contribution in [0.15, 0.2) is 0 Å². The number of piperidine rings is 1. The lowest BCUT2D eigenvalue weighted by Crippen LogP contribution is -2.53. The Morgan fingerprint density at radius 1 is 1.24 bits per heavy atom. The van der Waals surface area contributed by atoms with Crippen LogP contribution in [0, 0.1) is 5.92 Å². The van der Waals surface area contributed by atoms with Gasteiger partial charge in [0.05, 0.1) is 5.25 Å². The average molecular weight is 260 g/mol. The largest absolute Gasteiger partial charge is 0.327 e. The van der Waals surface area contributed by atoms with Crippen molar-refractivity contribution in [3.8, 4) is 0 Å². The Morgan fingerprint density at radius 3 is 2.53 bits per heavy atom. The maximum absolute atomic E-state index is 11.8. The lowest BCUT2D eigenvalue weighted by Gasteiger charge is -2.40. The molecule has 4 nitrogen and oxygen atoms in total. The Balaban J connectivity index is 2.10. The molecule has 4 atom stereocenters. The second-order valence-electron chi connectivity index (χ2n) is 5.92. The standard InChI is InChI=1S/C12H24N2O2S/c1-9-6-10(13)8-14(7-9)11-4-3-5-12(11)17(2,15)16/h9-12H,3-8,13H2,1-2H3. The highest BCUT2D eigenvalue weighted by Gasteiger charge is 2.40. The van der Waals surface area contributed by atoms with Gasteiger partial charge < -0.3 is 5.73 Å². The highest BCUT2D eigenvalue weighted by molar-refractivity contribution is 7.91. The zero-order valence-electron chi connectivity index (χ0n) is 10.8. The van der Waals surface area contributed by atoms with Crippen LogP contribution >= 0.6 is 0 Å². The van der Waals surface area contributed by atoms with Crippen molar-refractivity contribution in [3.05, 3.63) is 0 Å². The lowest BCUT2D eigenvalue weighted by molar-refractivity contribution is 0.119.